The summed E-state index contributed by atoms with van der Waals surface area (Å²) in [6.07, 6.45) is 0. The van der Waals surface area contributed by atoms with Gasteiger partial charge in [-0.15, -0.1) is 0 Å². The van der Waals surface area contributed by atoms with E-state index in [0.717, 1.165) is 0 Å². The zero-order chi connectivity index (χ0) is 20.6. The number of hydrogen-bond donors (Lipinski definition) is 0. The second-order valence-electron chi connectivity index (χ2n) is 11.9. The average molecular weight is 423 g/mol. The van der Waals surface area contributed by atoms with Gasteiger partial charge in [0.15, 0.2) is 0 Å². The Bertz CT molecular complexity index is 430. The van der Waals surface area contributed by atoms with Crippen molar-refractivity contribution < 1.29 is 0 Å². The van der Waals surface area contributed by atoms with Crippen molar-refractivity contribution in [2.75, 3.05) is 0 Å². The van der Waals surface area contributed by atoms with Gasteiger partial charge in [0.1, 0.15) is 8.24 Å². The fourth-order valence-corrected chi connectivity index (χ4v) is 19.2. The van der Waals surface area contributed by atoms with Crippen molar-refractivity contribution in [3.8, 4) is 0 Å². The molecular weight excluding hydrogens is 377 g/mol. The van der Waals surface area contributed by atoms with Crippen LogP contribution in [-0.4, -0.2) is 33.0 Å². The van der Waals surface area contributed by atoms with Crippen LogP contribution in [-0.2, 0) is 0 Å². The molecule has 0 aliphatic heterocycles. The Morgan fingerprint density at radius 1 is 0.640 bits per heavy atom. The van der Waals surface area contributed by atoms with E-state index in [0.29, 0.717) is 10.3 Å². The lowest BCUT2D eigenvalue weighted by molar-refractivity contribution is 0.677. The fraction of sp³-hybridized carbons (Fsp3) is 1.00. The van der Waals surface area contributed by atoms with E-state index < -0.39 is 16.3 Å². The van der Waals surface area contributed by atoms with Gasteiger partial charge < -0.3 is 0 Å². The summed E-state index contributed by atoms with van der Waals surface area (Å²) in [5, 5.41) is 1.08. The van der Waals surface area contributed by atoms with Crippen LogP contribution in [0.4, 0.5) is 0 Å². The summed E-state index contributed by atoms with van der Waals surface area (Å²) in [5.74, 6) is 0. The van der Waals surface area contributed by atoms with Gasteiger partial charge in [0.25, 0.3) is 0 Å². The fourth-order valence-electron chi connectivity index (χ4n) is 3.40. The van der Waals surface area contributed by atoms with Gasteiger partial charge in [-0.1, -0.05) is 103 Å². The van der Waals surface area contributed by atoms with Crippen molar-refractivity contribution >= 4 is 32.9 Å². The van der Waals surface area contributed by atoms with Crippen molar-refractivity contribution in [3.05, 3.63) is 0 Å². The first kappa shape index (κ1) is 26.1. The summed E-state index contributed by atoms with van der Waals surface area (Å²) in [6.45, 7) is 36.1. The van der Waals surface area contributed by atoms with E-state index in [2.05, 4.69) is 107 Å². The highest BCUT2D eigenvalue weighted by atomic mass is 31.2. The minimum absolute atomic E-state index is 0.248. The third-order valence-corrected chi connectivity index (χ3v) is 16.7. The maximum Gasteiger partial charge on any atom is 0.135 e. The second-order valence-corrected chi connectivity index (χ2v) is 26.1. The molecule has 2 nitrogen and oxygen atoms in total. The minimum atomic E-state index is -1.49. The van der Waals surface area contributed by atoms with E-state index in [1.807, 2.05) is 0 Å². The van der Waals surface area contributed by atoms with E-state index >= 15 is 0 Å². The summed E-state index contributed by atoms with van der Waals surface area (Å²) in [7, 11) is -0.982. The van der Waals surface area contributed by atoms with Crippen LogP contribution in [0.3, 0.4) is 0 Å². The summed E-state index contributed by atoms with van der Waals surface area (Å²) >= 11 is 0. The van der Waals surface area contributed by atoms with Crippen LogP contribution in [0.1, 0.15) is 83.1 Å². The third-order valence-electron chi connectivity index (χ3n) is 3.55. The van der Waals surface area contributed by atoms with Crippen molar-refractivity contribution in [3.63, 3.8) is 0 Å². The first-order valence-electron chi connectivity index (χ1n) is 9.42. The van der Waals surface area contributed by atoms with E-state index in [1.165, 1.54) is 8.52 Å². The van der Waals surface area contributed by atoms with E-state index in [4.69, 9.17) is 4.52 Å². The molecule has 0 aliphatic rings. The lowest BCUT2D eigenvalue weighted by Crippen LogP contribution is -2.43. The van der Waals surface area contributed by atoms with Crippen LogP contribution in [0.5, 0.6) is 0 Å². The molecule has 0 radical (unpaired) electrons. The summed E-state index contributed by atoms with van der Waals surface area (Å²) in [5.41, 5.74) is 0. The first-order chi connectivity index (χ1) is 10.6. The molecule has 0 unspecified atom stereocenters. The van der Waals surface area contributed by atoms with Gasteiger partial charge in [0.05, 0.1) is 8.52 Å². The van der Waals surface area contributed by atoms with Gasteiger partial charge in [-0.3, -0.25) is 0 Å². The molecule has 0 aromatic rings. The largest absolute Gasteiger partial charge is 0.241 e. The Kier molecular flexibility index (Phi) is 8.62. The van der Waals surface area contributed by atoms with E-state index in [1.54, 1.807) is 0 Å². The van der Waals surface area contributed by atoms with Crippen LogP contribution in [0.25, 0.3) is 0 Å². The molecular formula is C19H45N2P3Si. The predicted molar refractivity (Wildman–Crippen MR) is 127 cm³/mol. The smallest absolute Gasteiger partial charge is 0.135 e. The maximum absolute atomic E-state index is 5.39. The Hall–Kier alpha value is 1.14. The van der Waals surface area contributed by atoms with Gasteiger partial charge in [0, 0.05) is 18.4 Å². The molecule has 0 rings (SSSR count). The standard InChI is InChI=1S/C19H45N2P3Si/c1-16(2,3)23(17(4,5)6)20-22-21(25(13,14)15)24(18(7,8)9)19(10,11)12/h1-15H3. The van der Waals surface area contributed by atoms with E-state index in [9.17, 15) is 0 Å². The van der Waals surface area contributed by atoms with Crippen LogP contribution in [0, 0.1) is 0 Å². The Morgan fingerprint density at radius 3 is 1.16 bits per heavy atom. The molecule has 0 atom stereocenters. The van der Waals surface area contributed by atoms with Crippen molar-refractivity contribution in [2.45, 2.75) is 123 Å². The van der Waals surface area contributed by atoms with Gasteiger partial charge in [-0.2, -0.15) is 0 Å². The topological polar surface area (TPSA) is 15.6 Å². The number of hydrogen-bond acceptors (Lipinski definition) is 1. The second kappa shape index (κ2) is 8.25. The molecule has 0 spiro atoms. The summed E-state index contributed by atoms with van der Waals surface area (Å²) < 4.78 is 8.22. The van der Waals surface area contributed by atoms with Crippen molar-refractivity contribution in [1.29, 1.82) is 0 Å². The van der Waals surface area contributed by atoms with Gasteiger partial charge >= 0.3 is 0 Å². The van der Waals surface area contributed by atoms with E-state index in [-0.39, 0.29) is 18.4 Å². The van der Waals surface area contributed by atoms with Crippen LogP contribution >= 0.6 is 24.7 Å². The van der Waals surface area contributed by atoms with Gasteiger partial charge in [0.2, 0.25) is 0 Å². The van der Waals surface area contributed by atoms with Crippen molar-refractivity contribution in [2.24, 2.45) is 4.52 Å². The monoisotopic (exact) mass is 422 g/mol. The molecule has 25 heavy (non-hydrogen) atoms. The quantitative estimate of drug-likeness (QED) is 0.326. The number of rotatable bonds is 4. The summed E-state index contributed by atoms with van der Waals surface area (Å²) in [4.78, 5) is 0. The highest BCUT2D eigenvalue weighted by Gasteiger charge is 2.44. The first-order valence-corrected chi connectivity index (χ1v) is 16.3. The summed E-state index contributed by atoms with van der Waals surface area (Å²) in [6, 6.07) is 0. The minimum Gasteiger partial charge on any atom is -0.241 e. The van der Waals surface area contributed by atoms with Crippen LogP contribution < -0.4 is 0 Å². The lowest BCUT2D eigenvalue weighted by atomic mass is 10.2. The van der Waals surface area contributed by atoms with Crippen LogP contribution in [0.15, 0.2) is 4.52 Å². The molecule has 0 saturated carbocycles. The number of nitrogens with zero attached hydrogens (tertiary/aromatic N) is 2. The zero-order valence-electron chi connectivity index (χ0n) is 19.7. The Balaban J connectivity index is 6.17. The molecule has 0 amide bonds. The normalized spacial score (nSPS) is 15.9. The highest BCUT2D eigenvalue weighted by molar-refractivity contribution is 7.70. The maximum atomic E-state index is 5.39. The molecule has 0 aromatic carbocycles. The van der Waals surface area contributed by atoms with Gasteiger partial charge in [-0.05, 0) is 18.4 Å². The Morgan fingerprint density at radius 2 is 0.960 bits per heavy atom. The lowest BCUT2D eigenvalue weighted by Gasteiger charge is -2.50. The molecule has 0 fully saturated rings. The molecule has 0 heterocycles. The Labute approximate surface area is 165 Å². The molecule has 0 bridgehead atoms. The SMILES string of the molecule is CC(C)(C)P(N=PN(P(C(C)(C)C)C(C)(C)C)[Si](C)(C)C)C(C)(C)C. The molecule has 150 valence electrons. The molecule has 0 aromatic heterocycles. The third kappa shape index (κ3) is 8.35. The molecule has 0 N–H and O–H groups in total. The van der Waals surface area contributed by atoms with Crippen molar-refractivity contribution in [1.82, 2.24) is 4.11 Å². The molecule has 6 heteroatoms. The molecule has 0 saturated heterocycles. The highest BCUT2D eigenvalue weighted by Crippen LogP contribution is 2.68. The predicted octanol–water partition coefficient (Wildman–Crippen LogP) is 9.16. The molecule has 0 aliphatic carbocycles. The average Bonchev–Trinajstić information content (AvgIpc) is 2.17. The zero-order valence-corrected chi connectivity index (χ0v) is 23.4. The van der Waals surface area contributed by atoms with Crippen LogP contribution in [0.2, 0.25) is 19.6 Å². The van der Waals surface area contributed by atoms with Gasteiger partial charge in [-0.25, -0.2) is 8.62 Å².